The minimum absolute atomic E-state index is 0.0323. The van der Waals surface area contributed by atoms with Crippen molar-refractivity contribution in [1.82, 2.24) is 4.98 Å². The first kappa shape index (κ1) is 12.6. The van der Waals surface area contributed by atoms with Gasteiger partial charge in [-0.15, -0.1) is 0 Å². The standard InChI is InChI=1S/C14H16N2O2/c1-10(17)9-13(11-5-2-3-8-15-11)16-12-6-4-7-14(12)18/h2-3,5,8,12H,4,6-7,9H2,1H3. The Hall–Kier alpha value is -1.84. The summed E-state index contributed by atoms with van der Waals surface area (Å²) in [5.74, 6) is 0.205. The molecule has 1 saturated carbocycles. The van der Waals surface area contributed by atoms with E-state index in [1.54, 1.807) is 6.20 Å². The van der Waals surface area contributed by atoms with Gasteiger partial charge in [-0.05, 0) is 31.9 Å². The summed E-state index contributed by atoms with van der Waals surface area (Å²) < 4.78 is 0. The van der Waals surface area contributed by atoms with Crippen molar-refractivity contribution in [2.24, 2.45) is 4.99 Å². The van der Waals surface area contributed by atoms with Crippen LogP contribution in [0.4, 0.5) is 0 Å². The number of hydrogen-bond donors (Lipinski definition) is 0. The Labute approximate surface area is 106 Å². The quantitative estimate of drug-likeness (QED) is 0.761. The number of carbonyl (C=O) groups is 2. The van der Waals surface area contributed by atoms with E-state index in [4.69, 9.17) is 0 Å². The Bertz CT molecular complexity index is 480. The van der Waals surface area contributed by atoms with Crippen molar-refractivity contribution >= 4 is 17.3 Å². The van der Waals surface area contributed by atoms with Gasteiger partial charge in [-0.2, -0.15) is 0 Å². The molecule has 0 aromatic carbocycles. The highest BCUT2D eigenvalue weighted by molar-refractivity contribution is 6.10. The number of hydrogen-bond acceptors (Lipinski definition) is 4. The molecule has 1 aromatic rings. The number of ketones is 2. The van der Waals surface area contributed by atoms with Crippen LogP contribution in [0, 0.1) is 0 Å². The van der Waals surface area contributed by atoms with Crippen LogP contribution in [0.3, 0.4) is 0 Å². The molecule has 4 nitrogen and oxygen atoms in total. The van der Waals surface area contributed by atoms with E-state index in [2.05, 4.69) is 9.98 Å². The Morgan fingerprint density at radius 1 is 1.50 bits per heavy atom. The van der Waals surface area contributed by atoms with Crippen LogP contribution in [0.1, 0.15) is 38.3 Å². The van der Waals surface area contributed by atoms with E-state index in [9.17, 15) is 9.59 Å². The Morgan fingerprint density at radius 2 is 2.33 bits per heavy atom. The first-order valence-corrected chi connectivity index (χ1v) is 6.17. The Kier molecular flexibility index (Phi) is 3.97. The maximum absolute atomic E-state index is 11.6. The largest absolute Gasteiger partial charge is 0.300 e. The normalized spacial score (nSPS) is 20.2. The van der Waals surface area contributed by atoms with Crippen LogP contribution in [0.15, 0.2) is 29.4 Å². The Balaban J connectivity index is 2.27. The lowest BCUT2D eigenvalue weighted by Gasteiger charge is -2.07. The molecular weight excluding hydrogens is 228 g/mol. The topological polar surface area (TPSA) is 59.4 Å². The second-order valence-electron chi connectivity index (χ2n) is 4.54. The third-order valence-electron chi connectivity index (χ3n) is 2.96. The second-order valence-corrected chi connectivity index (χ2v) is 4.54. The SMILES string of the molecule is CC(=O)CC(=NC1CCCC1=O)c1ccccn1. The minimum Gasteiger partial charge on any atom is -0.300 e. The van der Waals surface area contributed by atoms with E-state index < -0.39 is 0 Å². The molecule has 0 N–H and O–H groups in total. The maximum Gasteiger partial charge on any atom is 0.157 e. The highest BCUT2D eigenvalue weighted by Gasteiger charge is 2.24. The second kappa shape index (κ2) is 5.67. The summed E-state index contributed by atoms with van der Waals surface area (Å²) in [6, 6.07) is 5.21. The molecule has 18 heavy (non-hydrogen) atoms. The predicted octanol–water partition coefficient (Wildman–Crippen LogP) is 1.97. The first-order chi connectivity index (χ1) is 8.66. The van der Waals surface area contributed by atoms with Crippen molar-refractivity contribution < 1.29 is 9.59 Å². The molecule has 0 saturated heterocycles. The molecule has 1 heterocycles. The van der Waals surface area contributed by atoms with Crippen LogP contribution >= 0.6 is 0 Å². The smallest absolute Gasteiger partial charge is 0.157 e. The summed E-state index contributed by atoms with van der Waals surface area (Å²) in [6.07, 6.45) is 4.18. The van der Waals surface area contributed by atoms with Crippen molar-refractivity contribution in [2.45, 2.75) is 38.6 Å². The van der Waals surface area contributed by atoms with Crippen molar-refractivity contribution in [3.8, 4) is 0 Å². The molecule has 0 radical (unpaired) electrons. The van der Waals surface area contributed by atoms with Crippen LogP contribution in [-0.4, -0.2) is 28.3 Å². The summed E-state index contributed by atoms with van der Waals surface area (Å²) in [4.78, 5) is 31.6. The molecule has 1 aliphatic rings. The minimum atomic E-state index is -0.277. The zero-order valence-corrected chi connectivity index (χ0v) is 10.4. The van der Waals surface area contributed by atoms with E-state index in [0.717, 1.165) is 12.8 Å². The van der Waals surface area contributed by atoms with Crippen LogP contribution in [0.5, 0.6) is 0 Å². The molecule has 0 bridgehead atoms. The third kappa shape index (κ3) is 3.09. The highest BCUT2D eigenvalue weighted by atomic mass is 16.1. The number of nitrogens with zero attached hydrogens (tertiary/aromatic N) is 2. The number of aromatic nitrogens is 1. The van der Waals surface area contributed by atoms with E-state index in [1.807, 2.05) is 18.2 Å². The van der Waals surface area contributed by atoms with Gasteiger partial charge in [0.05, 0.1) is 17.8 Å². The van der Waals surface area contributed by atoms with Crippen LogP contribution < -0.4 is 0 Å². The molecule has 1 fully saturated rings. The predicted molar refractivity (Wildman–Crippen MR) is 68.7 cm³/mol. The molecule has 1 aromatic heterocycles. The number of pyridine rings is 1. The molecule has 0 spiro atoms. The van der Waals surface area contributed by atoms with Gasteiger partial charge in [0.15, 0.2) is 5.78 Å². The van der Waals surface area contributed by atoms with E-state index in [1.165, 1.54) is 6.92 Å². The number of Topliss-reactive ketones (excluding diaryl/α,β-unsaturated/α-hetero) is 2. The monoisotopic (exact) mass is 244 g/mol. The number of aliphatic imine (C=N–C) groups is 1. The van der Waals surface area contributed by atoms with Gasteiger partial charge in [-0.1, -0.05) is 6.07 Å². The molecular formula is C14H16N2O2. The maximum atomic E-state index is 11.6. The van der Waals surface area contributed by atoms with Crippen molar-refractivity contribution in [2.75, 3.05) is 0 Å². The average Bonchev–Trinajstić information content (AvgIpc) is 2.75. The lowest BCUT2D eigenvalue weighted by atomic mass is 10.1. The van der Waals surface area contributed by atoms with Gasteiger partial charge in [-0.3, -0.25) is 19.6 Å². The fourth-order valence-electron chi connectivity index (χ4n) is 2.09. The number of carbonyl (C=O) groups excluding carboxylic acids is 2. The third-order valence-corrected chi connectivity index (χ3v) is 2.96. The van der Waals surface area contributed by atoms with Crippen molar-refractivity contribution in [1.29, 1.82) is 0 Å². The Morgan fingerprint density at radius 3 is 2.89 bits per heavy atom. The van der Waals surface area contributed by atoms with Crippen molar-refractivity contribution in [3.63, 3.8) is 0 Å². The van der Waals surface area contributed by atoms with E-state index in [0.29, 0.717) is 17.8 Å². The van der Waals surface area contributed by atoms with Gasteiger partial charge in [0.1, 0.15) is 11.8 Å². The summed E-state index contributed by atoms with van der Waals surface area (Å²) in [7, 11) is 0. The first-order valence-electron chi connectivity index (χ1n) is 6.17. The van der Waals surface area contributed by atoms with Gasteiger partial charge >= 0.3 is 0 Å². The summed E-state index contributed by atoms with van der Waals surface area (Å²) in [6.45, 7) is 1.52. The molecule has 4 heteroatoms. The summed E-state index contributed by atoms with van der Waals surface area (Å²) >= 11 is 0. The van der Waals surface area contributed by atoms with Crippen LogP contribution in [0.2, 0.25) is 0 Å². The molecule has 94 valence electrons. The van der Waals surface area contributed by atoms with Gasteiger partial charge in [0, 0.05) is 12.6 Å². The fourth-order valence-corrected chi connectivity index (χ4v) is 2.09. The average molecular weight is 244 g/mol. The fraction of sp³-hybridized carbons (Fsp3) is 0.429. The van der Waals surface area contributed by atoms with Crippen LogP contribution in [-0.2, 0) is 9.59 Å². The zero-order chi connectivity index (χ0) is 13.0. The summed E-state index contributed by atoms with van der Waals surface area (Å²) in [5.41, 5.74) is 1.32. The van der Waals surface area contributed by atoms with E-state index in [-0.39, 0.29) is 24.0 Å². The van der Waals surface area contributed by atoms with Crippen molar-refractivity contribution in [3.05, 3.63) is 30.1 Å². The van der Waals surface area contributed by atoms with Gasteiger partial charge < -0.3 is 0 Å². The van der Waals surface area contributed by atoms with Gasteiger partial charge in [0.2, 0.25) is 0 Å². The molecule has 1 aliphatic carbocycles. The van der Waals surface area contributed by atoms with Crippen LogP contribution in [0.25, 0.3) is 0 Å². The molecule has 0 aliphatic heterocycles. The van der Waals surface area contributed by atoms with Gasteiger partial charge in [0.25, 0.3) is 0 Å². The lowest BCUT2D eigenvalue weighted by molar-refractivity contribution is -0.118. The molecule has 1 unspecified atom stereocenters. The molecule has 2 rings (SSSR count). The highest BCUT2D eigenvalue weighted by Crippen LogP contribution is 2.19. The van der Waals surface area contributed by atoms with Gasteiger partial charge in [-0.25, -0.2) is 0 Å². The number of rotatable bonds is 4. The molecule has 0 amide bonds. The van der Waals surface area contributed by atoms with E-state index >= 15 is 0 Å². The molecule has 1 atom stereocenters. The zero-order valence-electron chi connectivity index (χ0n) is 10.4. The summed E-state index contributed by atoms with van der Waals surface area (Å²) in [5, 5.41) is 0. The lowest BCUT2D eigenvalue weighted by Crippen LogP contribution is -2.17.